The van der Waals surface area contributed by atoms with Gasteiger partial charge >= 0.3 is 0 Å². The van der Waals surface area contributed by atoms with Gasteiger partial charge in [-0.3, -0.25) is 0 Å². The Balaban J connectivity index is 4.16. The molecule has 0 amide bonds. The fourth-order valence-corrected chi connectivity index (χ4v) is 0.560. The van der Waals surface area contributed by atoms with Crippen molar-refractivity contribution in [1.82, 2.24) is 0 Å². The minimum Gasteiger partial charge on any atom is -0.212 e. The molecule has 10 heavy (non-hydrogen) atoms. The first kappa shape index (κ1) is 9.08. The molecule has 0 rings (SSSR count). The molecule has 0 saturated heterocycles. The summed E-state index contributed by atoms with van der Waals surface area (Å²) in [6, 6.07) is 0. The van der Waals surface area contributed by atoms with Crippen molar-refractivity contribution in [2.75, 3.05) is 0 Å². The lowest BCUT2D eigenvalue weighted by molar-refractivity contribution is 0.605. The van der Waals surface area contributed by atoms with Crippen molar-refractivity contribution < 1.29 is 8.78 Å². The van der Waals surface area contributed by atoms with Gasteiger partial charge in [0.1, 0.15) is 6.33 Å². The SMILES string of the molecule is C\C=C/C(C)=C\C(F)=C\F. The fraction of sp³-hybridized carbons (Fsp3) is 0.250. The summed E-state index contributed by atoms with van der Waals surface area (Å²) in [6.45, 7) is 3.51. The van der Waals surface area contributed by atoms with Gasteiger partial charge in [-0.25, -0.2) is 8.78 Å². The number of hydrogen-bond acceptors (Lipinski definition) is 0. The van der Waals surface area contributed by atoms with Gasteiger partial charge in [-0.05, 0) is 25.5 Å². The van der Waals surface area contributed by atoms with Gasteiger partial charge in [-0.1, -0.05) is 12.2 Å². The second kappa shape index (κ2) is 4.91. The average molecular weight is 144 g/mol. The zero-order valence-corrected chi connectivity index (χ0v) is 6.07. The summed E-state index contributed by atoms with van der Waals surface area (Å²) in [5, 5.41) is 0. The Labute approximate surface area is 59.6 Å². The van der Waals surface area contributed by atoms with Gasteiger partial charge in [0.25, 0.3) is 0 Å². The van der Waals surface area contributed by atoms with Crippen LogP contribution < -0.4 is 0 Å². The normalized spacial score (nSPS) is 14.8. The molecule has 2 heteroatoms. The Morgan fingerprint density at radius 1 is 1.40 bits per heavy atom. The Kier molecular flexibility index (Phi) is 4.46. The van der Waals surface area contributed by atoms with Crippen LogP contribution in [0.2, 0.25) is 0 Å². The molecule has 0 fully saturated rings. The van der Waals surface area contributed by atoms with E-state index < -0.39 is 5.83 Å². The van der Waals surface area contributed by atoms with E-state index in [9.17, 15) is 8.78 Å². The molecule has 0 nitrogen and oxygen atoms in total. The van der Waals surface area contributed by atoms with Crippen molar-refractivity contribution in [1.29, 1.82) is 0 Å². The highest BCUT2D eigenvalue weighted by atomic mass is 19.2. The highest BCUT2D eigenvalue weighted by Gasteiger charge is 1.86. The molecule has 0 heterocycles. The Morgan fingerprint density at radius 3 is 2.40 bits per heavy atom. The molecule has 0 unspecified atom stereocenters. The minimum absolute atomic E-state index is 0.0625. The summed E-state index contributed by atoms with van der Waals surface area (Å²) in [7, 11) is 0. The van der Waals surface area contributed by atoms with Crippen LogP contribution in [0.4, 0.5) is 8.78 Å². The van der Waals surface area contributed by atoms with Crippen molar-refractivity contribution in [2.24, 2.45) is 0 Å². The summed E-state index contributed by atoms with van der Waals surface area (Å²) in [6.07, 6.45) is 4.52. The molecule has 0 N–H and O–H groups in total. The first-order valence-electron chi connectivity index (χ1n) is 2.97. The van der Waals surface area contributed by atoms with E-state index in [1.807, 2.05) is 6.92 Å². The molecule has 0 saturated carbocycles. The van der Waals surface area contributed by atoms with Gasteiger partial charge in [0.2, 0.25) is 0 Å². The summed E-state index contributed by atoms with van der Waals surface area (Å²) in [4.78, 5) is 0. The van der Waals surface area contributed by atoms with E-state index in [1.165, 1.54) is 0 Å². The second-order valence-electron chi connectivity index (χ2n) is 1.88. The van der Waals surface area contributed by atoms with E-state index in [0.717, 1.165) is 6.08 Å². The van der Waals surface area contributed by atoms with Gasteiger partial charge in [0.05, 0.1) is 0 Å². The molecule has 0 aromatic heterocycles. The highest BCUT2D eigenvalue weighted by Crippen LogP contribution is 2.04. The highest BCUT2D eigenvalue weighted by molar-refractivity contribution is 5.23. The van der Waals surface area contributed by atoms with Crippen LogP contribution in [0.15, 0.2) is 36.0 Å². The zero-order valence-electron chi connectivity index (χ0n) is 6.07. The molecule has 0 atom stereocenters. The number of allylic oxidation sites excluding steroid dienone is 5. The van der Waals surface area contributed by atoms with Gasteiger partial charge in [0, 0.05) is 0 Å². The van der Waals surface area contributed by atoms with Crippen LogP contribution in [0.1, 0.15) is 13.8 Å². The molecule has 0 aliphatic carbocycles. The molecule has 0 bridgehead atoms. The van der Waals surface area contributed by atoms with E-state index in [2.05, 4.69) is 0 Å². The van der Waals surface area contributed by atoms with Crippen LogP contribution in [0.25, 0.3) is 0 Å². The van der Waals surface area contributed by atoms with Crippen LogP contribution in [-0.4, -0.2) is 0 Å². The smallest absolute Gasteiger partial charge is 0.151 e. The number of rotatable bonds is 2. The number of halogens is 2. The average Bonchev–Trinajstić information content (AvgIpc) is 1.88. The predicted molar refractivity (Wildman–Crippen MR) is 38.9 cm³/mol. The first-order chi connectivity index (χ1) is 4.70. The molecular weight excluding hydrogens is 134 g/mol. The maximum absolute atomic E-state index is 12.1. The Morgan fingerprint density at radius 2 is 2.00 bits per heavy atom. The lowest BCUT2D eigenvalue weighted by Gasteiger charge is -1.87. The standard InChI is InChI=1S/C8H10F2/c1-3-4-7(2)5-8(10)6-9/h3-6H,1-2H3/b4-3-,7-5-,8-6-. The summed E-state index contributed by atoms with van der Waals surface area (Å²) in [5.74, 6) is -0.851. The maximum atomic E-state index is 12.1. The van der Waals surface area contributed by atoms with E-state index >= 15 is 0 Å². The van der Waals surface area contributed by atoms with Gasteiger partial charge < -0.3 is 0 Å². The summed E-state index contributed by atoms with van der Waals surface area (Å²) in [5.41, 5.74) is 0.689. The fourth-order valence-electron chi connectivity index (χ4n) is 0.560. The number of hydrogen-bond donors (Lipinski definition) is 0. The van der Waals surface area contributed by atoms with E-state index in [-0.39, 0.29) is 6.33 Å². The molecule has 0 radical (unpaired) electrons. The lowest BCUT2D eigenvalue weighted by atomic mass is 10.2. The molecule has 0 aliphatic heterocycles. The van der Waals surface area contributed by atoms with Gasteiger partial charge in [-0.15, -0.1) is 0 Å². The molecular formula is C8H10F2. The van der Waals surface area contributed by atoms with E-state index in [0.29, 0.717) is 5.57 Å². The van der Waals surface area contributed by atoms with Crippen molar-refractivity contribution >= 4 is 0 Å². The third kappa shape index (κ3) is 4.01. The van der Waals surface area contributed by atoms with Gasteiger partial charge in [0.15, 0.2) is 5.83 Å². The van der Waals surface area contributed by atoms with Crippen molar-refractivity contribution in [3.05, 3.63) is 36.0 Å². The molecule has 0 aromatic carbocycles. The van der Waals surface area contributed by atoms with Crippen molar-refractivity contribution in [3.63, 3.8) is 0 Å². The second-order valence-corrected chi connectivity index (χ2v) is 1.88. The van der Waals surface area contributed by atoms with E-state index in [4.69, 9.17) is 0 Å². The van der Waals surface area contributed by atoms with Crippen LogP contribution in [0, 0.1) is 0 Å². The van der Waals surface area contributed by atoms with Crippen LogP contribution in [-0.2, 0) is 0 Å². The largest absolute Gasteiger partial charge is 0.212 e. The lowest BCUT2D eigenvalue weighted by Crippen LogP contribution is -1.68. The van der Waals surface area contributed by atoms with Crippen molar-refractivity contribution in [2.45, 2.75) is 13.8 Å². The van der Waals surface area contributed by atoms with E-state index in [1.54, 1.807) is 19.1 Å². The minimum atomic E-state index is -0.851. The summed E-state index contributed by atoms with van der Waals surface area (Å²) < 4.78 is 23.5. The van der Waals surface area contributed by atoms with Crippen LogP contribution in [0.3, 0.4) is 0 Å². The Hall–Kier alpha value is -0.920. The zero-order chi connectivity index (χ0) is 7.98. The van der Waals surface area contributed by atoms with Crippen LogP contribution in [0.5, 0.6) is 0 Å². The third-order valence-corrected chi connectivity index (χ3v) is 0.899. The molecule has 0 aromatic rings. The van der Waals surface area contributed by atoms with Crippen molar-refractivity contribution in [3.8, 4) is 0 Å². The van der Waals surface area contributed by atoms with Gasteiger partial charge in [-0.2, -0.15) is 0 Å². The predicted octanol–water partition coefficient (Wildman–Crippen LogP) is 3.29. The maximum Gasteiger partial charge on any atom is 0.151 e. The Bertz CT molecular complexity index is 176. The molecule has 0 spiro atoms. The topological polar surface area (TPSA) is 0 Å². The van der Waals surface area contributed by atoms with Crippen LogP contribution >= 0.6 is 0 Å². The molecule has 0 aliphatic rings. The summed E-state index contributed by atoms with van der Waals surface area (Å²) >= 11 is 0. The quantitative estimate of drug-likeness (QED) is 0.521. The first-order valence-corrected chi connectivity index (χ1v) is 2.97. The monoisotopic (exact) mass is 144 g/mol. The molecule has 56 valence electrons. The third-order valence-electron chi connectivity index (χ3n) is 0.899.